The van der Waals surface area contributed by atoms with Gasteiger partial charge in [-0.3, -0.25) is 4.90 Å². The summed E-state index contributed by atoms with van der Waals surface area (Å²) in [4.78, 5) is 2.79. The van der Waals surface area contributed by atoms with E-state index in [0.29, 0.717) is 17.0 Å². The summed E-state index contributed by atoms with van der Waals surface area (Å²) in [6.07, 6.45) is 2.30. The minimum atomic E-state index is -3.18. The van der Waals surface area contributed by atoms with Crippen LogP contribution >= 0.6 is 0 Å². The molecule has 1 aliphatic heterocycles. The van der Waals surface area contributed by atoms with Crippen molar-refractivity contribution in [3.8, 4) is 0 Å². The van der Waals surface area contributed by atoms with Crippen molar-refractivity contribution in [2.24, 2.45) is 0 Å². The molecule has 1 fully saturated rings. The number of likely N-dealkylation sites (tertiary alicyclic amines) is 1. The lowest BCUT2D eigenvalue weighted by Gasteiger charge is -2.21. The van der Waals surface area contributed by atoms with Crippen LogP contribution in [0.3, 0.4) is 0 Å². The second-order valence-corrected chi connectivity index (χ2v) is 7.47. The first kappa shape index (κ1) is 14.3. The molecular formula is C14H22N2O2S. The summed E-state index contributed by atoms with van der Waals surface area (Å²) < 4.78 is 23.5. The normalized spacial score (nSPS) is 20.9. The van der Waals surface area contributed by atoms with E-state index in [1.54, 1.807) is 12.1 Å². The molecule has 19 heavy (non-hydrogen) atoms. The zero-order chi connectivity index (χ0) is 14.0. The number of benzene rings is 1. The van der Waals surface area contributed by atoms with Gasteiger partial charge in [0.25, 0.3) is 0 Å². The van der Waals surface area contributed by atoms with Gasteiger partial charge in [-0.15, -0.1) is 0 Å². The van der Waals surface area contributed by atoms with Crippen molar-refractivity contribution < 1.29 is 8.42 Å². The molecule has 0 spiro atoms. The Labute approximate surface area is 115 Å². The molecule has 1 heterocycles. The topological polar surface area (TPSA) is 49.4 Å². The van der Waals surface area contributed by atoms with E-state index in [9.17, 15) is 8.42 Å². The number of anilines is 1. The summed E-state index contributed by atoms with van der Waals surface area (Å²) >= 11 is 0. The Hall–Kier alpha value is -1.07. The molecule has 0 saturated carbocycles. The number of nitrogens with one attached hydrogen (secondary N) is 1. The zero-order valence-corrected chi connectivity index (χ0v) is 12.6. The third-order valence-corrected chi connectivity index (χ3v) is 4.75. The van der Waals surface area contributed by atoms with Crippen molar-refractivity contribution in [2.75, 3.05) is 24.7 Å². The lowest BCUT2D eigenvalue weighted by atomic mass is 10.2. The van der Waals surface area contributed by atoms with Gasteiger partial charge in [-0.25, -0.2) is 8.42 Å². The Morgan fingerprint density at radius 1 is 1.32 bits per heavy atom. The lowest BCUT2D eigenvalue weighted by molar-refractivity contribution is 0.274. The highest BCUT2D eigenvalue weighted by Crippen LogP contribution is 2.24. The third kappa shape index (κ3) is 3.48. The fourth-order valence-electron chi connectivity index (χ4n) is 2.50. The van der Waals surface area contributed by atoms with Crippen LogP contribution < -0.4 is 5.32 Å². The van der Waals surface area contributed by atoms with Crippen molar-refractivity contribution >= 4 is 15.5 Å². The molecule has 1 aromatic rings. The van der Waals surface area contributed by atoms with Gasteiger partial charge < -0.3 is 5.32 Å². The minimum Gasteiger partial charge on any atom is -0.380 e. The van der Waals surface area contributed by atoms with E-state index >= 15 is 0 Å². The summed E-state index contributed by atoms with van der Waals surface area (Å²) in [5, 5.41) is 3.38. The van der Waals surface area contributed by atoms with Crippen molar-refractivity contribution in [1.82, 2.24) is 4.90 Å². The highest BCUT2D eigenvalue weighted by molar-refractivity contribution is 7.90. The van der Waals surface area contributed by atoms with Crippen LogP contribution in [-0.4, -0.2) is 44.7 Å². The van der Waals surface area contributed by atoms with Crippen molar-refractivity contribution in [1.29, 1.82) is 0 Å². The van der Waals surface area contributed by atoms with E-state index in [0.717, 1.165) is 25.2 Å². The molecular weight excluding hydrogens is 260 g/mol. The third-order valence-electron chi connectivity index (χ3n) is 3.60. The zero-order valence-electron chi connectivity index (χ0n) is 11.8. The Balaban J connectivity index is 2.13. The number of rotatable bonds is 4. The Bertz CT molecular complexity index is 540. The summed E-state index contributed by atoms with van der Waals surface area (Å²) in [6, 6.07) is 7.99. The number of nitrogens with zero attached hydrogens (tertiary/aromatic N) is 1. The predicted molar refractivity (Wildman–Crippen MR) is 78.3 cm³/mol. The first-order valence-corrected chi connectivity index (χ1v) is 8.56. The molecule has 5 heteroatoms. The average Bonchev–Trinajstić information content (AvgIpc) is 2.77. The first-order valence-electron chi connectivity index (χ1n) is 6.67. The highest BCUT2D eigenvalue weighted by Gasteiger charge is 2.25. The molecule has 0 amide bonds. The van der Waals surface area contributed by atoms with Gasteiger partial charge in [0.1, 0.15) is 0 Å². The standard InChI is InChI=1S/C14H22N2O2S/c1-11(2)16-9-8-12(10-16)15-13-6-4-5-7-14(13)19(3,17)18/h4-7,11-12,15H,8-10H2,1-3H3. The van der Waals surface area contributed by atoms with Crippen LogP contribution in [0.2, 0.25) is 0 Å². The monoisotopic (exact) mass is 282 g/mol. The van der Waals surface area contributed by atoms with Gasteiger partial charge in [0, 0.05) is 31.4 Å². The summed E-state index contributed by atoms with van der Waals surface area (Å²) in [6.45, 7) is 6.41. The predicted octanol–water partition coefficient (Wildman–Crippen LogP) is 1.98. The van der Waals surface area contributed by atoms with Gasteiger partial charge >= 0.3 is 0 Å². The molecule has 1 saturated heterocycles. The van der Waals surface area contributed by atoms with Gasteiger partial charge in [0.15, 0.2) is 9.84 Å². The van der Waals surface area contributed by atoms with Crippen molar-refractivity contribution in [3.05, 3.63) is 24.3 Å². The van der Waals surface area contributed by atoms with Gasteiger partial charge in [-0.2, -0.15) is 0 Å². The molecule has 0 radical (unpaired) electrons. The highest BCUT2D eigenvalue weighted by atomic mass is 32.2. The number of para-hydroxylation sites is 1. The van der Waals surface area contributed by atoms with E-state index in [4.69, 9.17) is 0 Å². The largest absolute Gasteiger partial charge is 0.380 e. The lowest BCUT2D eigenvalue weighted by Crippen LogP contribution is -2.31. The second kappa shape index (κ2) is 5.51. The van der Waals surface area contributed by atoms with E-state index < -0.39 is 9.84 Å². The molecule has 106 valence electrons. The number of hydrogen-bond acceptors (Lipinski definition) is 4. The molecule has 0 aliphatic carbocycles. The smallest absolute Gasteiger partial charge is 0.177 e. The van der Waals surface area contributed by atoms with E-state index in [1.165, 1.54) is 6.26 Å². The molecule has 1 aliphatic rings. The Morgan fingerprint density at radius 2 is 2.00 bits per heavy atom. The van der Waals surface area contributed by atoms with Gasteiger partial charge in [0.2, 0.25) is 0 Å². The minimum absolute atomic E-state index is 0.324. The summed E-state index contributed by atoms with van der Waals surface area (Å²) in [7, 11) is -3.18. The molecule has 0 aromatic heterocycles. The Kier molecular flexibility index (Phi) is 4.16. The molecule has 1 unspecified atom stereocenters. The SMILES string of the molecule is CC(C)N1CCC(Nc2ccccc2S(C)(=O)=O)C1. The van der Waals surface area contributed by atoms with Gasteiger partial charge in [0.05, 0.1) is 10.6 Å². The first-order chi connectivity index (χ1) is 8.88. The van der Waals surface area contributed by atoms with Crippen LogP contribution in [0.5, 0.6) is 0 Å². The van der Waals surface area contributed by atoms with E-state index in [2.05, 4.69) is 24.1 Å². The maximum Gasteiger partial charge on any atom is 0.177 e. The van der Waals surface area contributed by atoms with Crippen LogP contribution in [0.4, 0.5) is 5.69 Å². The number of sulfone groups is 1. The molecule has 4 nitrogen and oxygen atoms in total. The van der Waals surface area contributed by atoms with Crippen LogP contribution in [0, 0.1) is 0 Å². The summed E-state index contributed by atoms with van der Waals surface area (Å²) in [5.74, 6) is 0. The number of hydrogen-bond donors (Lipinski definition) is 1. The molecule has 1 N–H and O–H groups in total. The molecule has 0 bridgehead atoms. The Morgan fingerprint density at radius 3 is 2.58 bits per heavy atom. The maximum absolute atomic E-state index is 11.7. The van der Waals surface area contributed by atoms with Crippen LogP contribution in [0.15, 0.2) is 29.2 Å². The van der Waals surface area contributed by atoms with E-state index in [1.807, 2.05) is 12.1 Å². The fraction of sp³-hybridized carbons (Fsp3) is 0.571. The summed E-state index contributed by atoms with van der Waals surface area (Å²) in [5.41, 5.74) is 0.723. The molecule has 1 atom stereocenters. The fourth-order valence-corrected chi connectivity index (χ4v) is 3.36. The second-order valence-electron chi connectivity index (χ2n) is 5.49. The van der Waals surface area contributed by atoms with Crippen LogP contribution in [-0.2, 0) is 9.84 Å². The average molecular weight is 282 g/mol. The van der Waals surface area contributed by atoms with Crippen molar-refractivity contribution in [3.63, 3.8) is 0 Å². The van der Waals surface area contributed by atoms with Gasteiger partial charge in [-0.05, 0) is 32.4 Å². The van der Waals surface area contributed by atoms with Crippen molar-refractivity contribution in [2.45, 2.75) is 37.2 Å². The van der Waals surface area contributed by atoms with Crippen LogP contribution in [0.25, 0.3) is 0 Å². The quantitative estimate of drug-likeness (QED) is 0.917. The van der Waals surface area contributed by atoms with Gasteiger partial charge in [-0.1, -0.05) is 12.1 Å². The molecule has 2 rings (SSSR count). The van der Waals surface area contributed by atoms with E-state index in [-0.39, 0.29) is 0 Å². The molecule has 1 aromatic carbocycles. The maximum atomic E-state index is 11.7. The van der Waals surface area contributed by atoms with Crippen LogP contribution in [0.1, 0.15) is 20.3 Å².